The minimum absolute atomic E-state index is 0.456. The maximum absolute atomic E-state index is 11.5. The van der Waals surface area contributed by atoms with Gasteiger partial charge in [-0.1, -0.05) is 32.6 Å². The molecule has 0 radical (unpaired) electrons. The summed E-state index contributed by atoms with van der Waals surface area (Å²) in [4.78, 5) is 14.0. The summed E-state index contributed by atoms with van der Waals surface area (Å²) in [6.07, 6.45) is 8.07. The van der Waals surface area contributed by atoms with E-state index >= 15 is 0 Å². The lowest BCUT2D eigenvalue weighted by molar-refractivity contribution is -0.148. The van der Waals surface area contributed by atoms with E-state index in [2.05, 4.69) is 18.7 Å². The van der Waals surface area contributed by atoms with Gasteiger partial charge in [0, 0.05) is 12.6 Å². The molecule has 2 rings (SSSR count). The largest absolute Gasteiger partial charge is 0.481 e. The van der Waals surface area contributed by atoms with E-state index in [4.69, 9.17) is 0 Å². The van der Waals surface area contributed by atoms with E-state index in [1.54, 1.807) is 0 Å². The van der Waals surface area contributed by atoms with Crippen LogP contribution in [-0.4, -0.2) is 35.1 Å². The van der Waals surface area contributed by atoms with Gasteiger partial charge >= 0.3 is 5.97 Å². The van der Waals surface area contributed by atoms with Crippen molar-refractivity contribution in [1.29, 1.82) is 0 Å². The molecule has 1 N–H and O–H groups in total. The summed E-state index contributed by atoms with van der Waals surface area (Å²) in [6, 6.07) is 0.563. The van der Waals surface area contributed by atoms with Gasteiger partial charge in [-0.25, -0.2) is 0 Å². The molecular formula is C15H27NO2. The number of likely N-dealkylation sites (tertiary alicyclic amines) is 1. The fourth-order valence-corrected chi connectivity index (χ4v) is 3.60. The van der Waals surface area contributed by atoms with Gasteiger partial charge in [-0.05, 0) is 38.6 Å². The van der Waals surface area contributed by atoms with Crippen LogP contribution in [0.25, 0.3) is 0 Å². The molecule has 3 nitrogen and oxygen atoms in total. The average Bonchev–Trinajstić information content (AvgIpc) is 2.69. The van der Waals surface area contributed by atoms with Gasteiger partial charge in [0.15, 0.2) is 0 Å². The van der Waals surface area contributed by atoms with Crippen LogP contribution in [0, 0.1) is 11.3 Å². The zero-order valence-electron chi connectivity index (χ0n) is 11.8. The lowest BCUT2D eigenvalue weighted by atomic mass is 9.80. The highest BCUT2D eigenvalue weighted by molar-refractivity contribution is 5.75. The Morgan fingerprint density at radius 2 is 2.22 bits per heavy atom. The minimum atomic E-state index is -0.581. The molecule has 0 amide bonds. The van der Waals surface area contributed by atoms with Crippen molar-refractivity contribution in [3.63, 3.8) is 0 Å². The fourth-order valence-electron chi connectivity index (χ4n) is 3.60. The van der Waals surface area contributed by atoms with E-state index in [0.717, 1.165) is 38.3 Å². The van der Waals surface area contributed by atoms with Crippen LogP contribution in [0.5, 0.6) is 0 Å². The summed E-state index contributed by atoms with van der Waals surface area (Å²) in [7, 11) is 0. The number of nitrogens with zero attached hydrogens (tertiary/aromatic N) is 1. The van der Waals surface area contributed by atoms with Crippen molar-refractivity contribution in [2.45, 2.75) is 64.8 Å². The van der Waals surface area contributed by atoms with Crippen LogP contribution in [-0.2, 0) is 4.79 Å². The van der Waals surface area contributed by atoms with Crippen molar-refractivity contribution in [3.8, 4) is 0 Å². The number of aliphatic carboxylic acids is 1. The van der Waals surface area contributed by atoms with Gasteiger partial charge < -0.3 is 5.11 Å². The Morgan fingerprint density at radius 1 is 1.50 bits per heavy atom. The number of rotatable bonds is 6. The Kier molecular flexibility index (Phi) is 4.31. The summed E-state index contributed by atoms with van der Waals surface area (Å²) in [5, 5.41) is 9.51. The quantitative estimate of drug-likeness (QED) is 0.790. The molecule has 2 fully saturated rings. The van der Waals surface area contributed by atoms with Crippen molar-refractivity contribution in [2.75, 3.05) is 13.1 Å². The normalized spacial score (nSPS) is 31.2. The van der Waals surface area contributed by atoms with E-state index in [-0.39, 0.29) is 0 Å². The zero-order chi connectivity index (χ0) is 13.2. The molecule has 1 saturated heterocycles. The van der Waals surface area contributed by atoms with Gasteiger partial charge in [0.05, 0.1) is 5.41 Å². The molecular weight excluding hydrogens is 226 g/mol. The first-order valence-corrected chi connectivity index (χ1v) is 7.55. The van der Waals surface area contributed by atoms with Crippen LogP contribution in [0.2, 0.25) is 0 Å². The van der Waals surface area contributed by atoms with Gasteiger partial charge in [0.2, 0.25) is 0 Å². The Bertz CT molecular complexity index is 301. The van der Waals surface area contributed by atoms with Crippen LogP contribution in [0.3, 0.4) is 0 Å². The number of carbonyl (C=O) groups is 1. The molecule has 1 saturated carbocycles. The first-order chi connectivity index (χ1) is 8.57. The van der Waals surface area contributed by atoms with E-state index in [0.29, 0.717) is 6.04 Å². The zero-order valence-corrected chi connectivity index (χ0v) is 11.8. The minimum Gasteiger partial charge on any atom is -0.481 e. The molecule has 0 aromatic rings. The third-order valence-electron chi connectivity index (χ3n) is 5.09. The Labute approximate surface area is 111 Å². The predicted molar refractivity (Wildman–Crippen MR) is 72.6 cm³/mol. The van der Waals surface area contributed by atoms with E-state index in [9.17, 15) is 9.90 Å². The van der Waals surface area contributed by atoms with E-state index in [1.807, 2.05) is 0 Å². The molecule has 1 heterocycles. The molecule has 0 spiro atoms. The van der Waals surface area contributed by atoms with Crippen molar-refractivity contribution in [3.05, 3.63) is 0 Å². The summed E-state index contributed by atoms with van der Waals surface area (Å²) in [5.41, 5.74) is -0.456. The Hall–Kier alpha value is -0.570. The molecule has 2 unspecified atom stereocenters. The second-order valence-electron chi connectivity index (χ2n) is 6.44. The highest BCUT2D eigenvalue weighted by atomic mass is 16.4. The molecule has 104 valence electrons. The molecule has 0 aromatic carbocycles. The lowest BCUT2D eigenvalue weighted by Crippen LogP contribution is -2.39. The summed E-state index contributed by atoms with van der Waals surface area (Å²) < 4.78 is 0. The van der Waals surface area contributed by atoms with Gasteiger partial charge in [-0.3, -0.25) is 9.69 Å². The number of carboxylic acid groups (broad SMARTS) is 1. The molecule has 1 aliphatic carbocycles. The first kappa shape index (κ1) is 13.9. The van der Waals surface area contributed by atoms with Crippen molar-refractivity contribution >= 4 is 5.97 Å². The maximum Gasteiger partial charge on any atom is 0.310 e. The Balaban J connectivity index is 1.90. The monoisotopic (exact) mass is 253 g/mol. The summed E-state index contributed by atoms with van der Waals surface area (Å²) in [6.45, 7) is 6.11. The number of hydrogen-bond acceptors (Lipinski definition) is 2. The van der Waals surface area contributed by atoms with E-state index in [1.165, 1.54) is 25.7 Å². The molecule has 1 aliphatic heterocycles. The lowest BCUT2D eigenvalue weighted by Gasteiger charge is -2.33. The topological polar surface area (TPSA) is 40.5 Å². The summed E-state index contributed by atoms with van der Waals surface area (Å²) >= 11 is 0. The van der Waals surface area contributed by atoms with Crippen LogP contribution in [0.15, 0.2) is 0 Å². The molecule has 3 heteroatoms. The highest BCUT2D eigenvalue weighted by Gasteiger charge is 2.45. The molecule has 0 aromatic heterocycles. The predicted octanol–water partition coefficient (Wildman–Crippen LogP) is 3.14. The van der Waals surface area contributed by atoms with Crippen LogP contribution in [0.4, 0.5) is 0 Å². The van der Waals surface area contributed by atoms with Crippen molar-refractivity contribution < 1.29 is 9.90 Å². The second-order valence-corrected chi connectivity index (χ2v) is 6.44. The SMILES string of the molecule is CCCC1(C(=O)O)CCN(C(C)CC2CCC2)C1. The van der Waals surface area contributed by atoms with Gasteiger partial charge in [-0.2, -0.15) is 0 Å². The highest BCUT2D eigenvalue weighted by Crippen LogP contribution is 2.38. The first-order valence-electron chi connectivity index (χ1n) is 7.55. The maximum atomic E-state index is 11.5. The molecule has 0 bridgehead atoms. The fraction of sp³-hybridized carbons (Fsp3) is 0.933. The molecule has 18 heavy (non-hydrogen) atoms. The van der Waals surface area contributed by atoms with Crippen LogP contribution < -0.4 is 0 Å². The third kappa shape index (κ3) is 2.71. The van der Waals surface area contributed by atoms with Crippen LogP contribution in [0.1, 0.15) is 58.8 Å². The Morgan fingerprint density at radius 3 is 2.72 bits per heavy atom. The van der Waals surface area contributed by atoms with Gasteiger partial charge in [-0.15, -0.1) is 0 Å². The van der Waals surface area contributed by atoms with Gasteiger partial charge in [0.1, 0.15) is 0 Å². The van der Waals surface area contributed by atoms with Gasteiger partial charge in [0.25, 0.3) is 0 Å². The smallest absolute Gasteiger partial charge is 0.310 e. The van der Waals surface area contributed by atoms with Crippen LogP contribution >= 0.6 is 0 Å². The van der Waals surface area contributed by atoms with E-state index < -0.39 is 11.4 Å². The standard InChI is InChI=1S/C15H27NO2/c1-3-7-15(14(17)18)8-9-16(11-15)12(2)10-13-5-4-6-13/h12-13H,3-11H2,1-2H3,(H,17,18). The van der Waals surface area contributed by atoms with Crippen molar-refractivity contribution in [2.24, 2.45) is 11.3 Å². The second kappa shape index (κ2) is 5.60. The number of hydrogen-bond donors (Lipinski definition) is 1. The summed E-state index contributed by atoms with van der Waals surface area (Å²) in [5.74, 6) is 0.327. The molecule has 2 atom stereocenters. The third-order valence-corrected chi connectivity index (χ3v) is 5.09. The number of carboxylic acids is 1. The average molecular weight is 253 g/mol. The molecule has 2 aliphatic rings. The van der Waals surface area contributed by atoms with Crippen molar-refractivity contribution in [1.82, 2.24) is 4.90 Å².